The number of rotatable bonds is 3. The molecule has 0 unspecified atom stereocenters. The molecule has 0 fully saturated rings. The summed E-state index contributed by atoms with van der Waals surface area (Å²) in [6.45, 7) is 2.81. The van der Waals surface area contributed by atoms with Crippen molar-refractivity contribution in [1.29, 1.82) is 0 Å². The van der Waals surface area contributed by atoms with E-state index in [1.165, 1.54) is 4.88 Å². The van der Waals surface area contributed by atoms with E-state index in [9.17, 15) is 0 Å². The van der Waals surface area contributed by atoms with Crippen LogP contribution in [0.25, 0.3) is 0 Å². The monoisotopic (exact) mass is 257 g/mol. The van der Waals surface area contributed by atoms with Crippen LogP contribution in [-0.2, 0) is 6.54 Å². The fourth-order valence-electron chi connectivity index (χ4n) is 2.00. The SMILES string of the molecule is c1ccc(NC2=NCCN2Cc2cccs2)cc1. The molecule has 0 bridgehead atoms. The third-order valence-corrected chi connectivity index (χ3v) is 3.75. The van der Waals surface area contributed by atoms with E-state index >= 15 is 0 Å². The van der Waals surface area contributed by atoms with Crippen LogP contribution in [0.2, 0.25) is 0 Å². The number of thiophene rings is 1. The number of para-hydroxylation sites is 1. The summed E-state index contributed by atoms with van der Waals surface area (Å²) in [5.74, 6) is 0.981. The fraction of sp³-hybridized carbons (Fsp3) is 0.214. The van der Waals surface area contributed by atoms with E-state index in [2.05, 4.69) is 44.9 Å². The summed E-state index contributed by atoms with van der Waals surface area (Å²) in [7, 11) is 0. The van der Waals surface area contributed by atoms with Gasteiger partial charge in [-0.1, -0.05) is 24.3 Å². The number of nitrogens with zero attached hydrogens (tertiary/aromatic N) is 2. The van der Waals surface area contributed by atoms with Crippen LogP contribution in [0, 0.1) is 0 Å². The maximum atomic E-state index is 4.53. The Kier molecular flexibility index (Phi) is 3.28. The Balaban J connectivity index is 1.68. The first-order valence-corrected chi connectivity index (χ1v) is 6.93. The molecule has 3 nitrogen and oxygen atoms in total. The zero-order valence-electron chi connectivity index (χ0n) is 10.0. The first-order chi connectivity index (χ1) is 8.92. The quantitative estimate of drug-likeness (QED) is 0.915. The van der Waals surface area contributed by atoms with Gasteiger partial charge < -0.3 is 10.2 Å². The van der Waals surface area contributed by atoms with Crippen molar-refractivity contribution in [3.05, 3.63) is 52.7 Å². The van der Waals surface area contributed by atoms with E-state index in [1.54, 1.807) is 11.3 Å². The summed E-state index contributed by atoms with van der Waals surface area (Å²) in [6, 6.07) is 14.5. The number of benzene rings is 1. The van der Waals surface area contributed by atoms with Gasteiger partial charge in [-0.2, -0.15) is 0 Å². The maximum absolute atomic E-state index is 4.53. The average molecular weight is 257 g/mol. The lowest BCUT2D eigenvalue weighted by Crippen LogP contribution is -2.32. The number of guanidine groups is 1. The Labute approximate surface area is 111 Å². The molecule has 18 heavy (non-hydrogen) atoms. The van der Waals surface area contributed by atoms with Crippen LogP contribution < -0.4 is 5.32 Å². The molecule has 0 radical (unpaired) electrons. The molecule has 0 amide bonds. The number of hydrogen-bond donors (Lipinski definition) is 1. The summed E-state index contributed by atoms with van der Waals surface area (Å²) in [5, 5.41) is 5.50. The molecule has 1 aromatic carbocycles. The number of hydrogen-bond acceptors (Lipinski definition) is 4. The molecule has 0 saturated carbocycles. The summed E-state index contributed by atoms with van der Waals surface area (Å²) in [4.78, 5) is 8.19. The van der Waals surface area contributed by atoms with Crippen LogP contribution in [0.3, 0.4) is 0 Å². The van der Waals surface area contributed by atoms with E-state index in [0.717, 1.165) is 31.3 Å². The van der Waals surface area contributed by atoms with Crippen molar-refractivity contribution in [2.75, 3.05) is 18.4 Å². The highest BCUT2D eigenvalue weighted by atomic mass is 32.1. The van der Waals surface area contributed by atoms with Gasteiger partial charge in [0.05, 0.1) is 13.1 Å². The summed E-state index contributed by atoms with van der Waals surface area (Å²) in [6.07, 6.45) is 0. The van der Waals surface area contributed by atoms with Gasteiger partial charge in [0.2, 0.25) is 0 Å². The van der Waals surface area contributed by atoms with Crippen molar-refractivity contribution in [3.8, 4) is 0 Å². The average Bonchev–Trinajstić information content (AvgIpc) is 3.04. The topological polar surface area (TPSA) is 27.6 Å². The van der Waals surface area contributed by atoms with Gasteiger partial charge in [0, 0.05) is 17.1 Å². The predicted octanol–water partition coefficient (Wildman–Crippen LogP) is 3.03. The van der Waals surface area contributed by atoms with Crippen molar-refractivity contribution in [1.82, 2.24) is 4.90 Å². The van der Waals surface area contributed by atoms with E-state index in [1.807, 2.05) is 18.2 Å². The Morgan fingerprint density at radius 1 is 1.17 bits per heavy atom. The highest BCUT2D eigenvalue weighted by molar-refractivity contribution is 7.09. The Morgan fingerprint density at radius 3 is 2.83 bits per heavy atom. The van der Waals surface area contributed by atoms with Gasteiger partial charge in [-0.25, -0.2) is 0 Å². The molecule has 92 valence electrons. The molecule has 1 aromatic heterocycles. The van der Waals surface area contributed by atoms with Gasteiger partial charge >= 0.3 is 0 Å². The zero-order valence-corrected chi connectivity index (χ0v) is 10.9. The molecule has 0 aliphatic carbocycles. The first-order valence-electron chi connectivity index (χ1n) is 6.06. The largest absolute Gasteiger partial charge is 0.336 e. The molecule has 0 spiro atoms. The van der Waals surface area contributed by atoms with Crippen molar-refractivity contribution in [2.45, 2.75) is 6.54 Å². The van der Waals surface area contributed by atoms with Crippen LogP contribution in [0.1, 0.15) is 4.88 Å². The van der Waals surface area contributed by atoms with E-state index in [-0.39, 0.29) is 0 Å². The summed E-state index contributed by atoms with van der Waals surface area (Å²) in [5.41, 5.74) is 1.09. The number of anilines is 1. The van der Waals surface area contributed by atoms with Crippen LogP contribution >= 0.6 is 11.3 Å². The second-order valence-corrected chi connectivity index (χ2v) is 5.23. The standard InChI is InChI=1S/C14H15N3S/c1-2-5-12(6-3-1)16-14-15-8-9-17(14)11-13-7-4-10-18-13/h1-7,10H,8-9,11H2,(H,15,16). The third-order valence-electron chi connectivity index (χ3n) is 2.89. The molecule has 3 rings (SSSR count). The normalized spacial score (nSPS) is 14.7. The van der Waals surface area contributed by atoms with E-state index < -0.39 is 0 Å². The molecule has 2 aromatic rings. The second-order valence-electron chi connectivity index (χ2n) is 4.20. The van der Waals surface area contributed by atoms with Crippen molar-refractivity contribution in [2.24, 2.45) is 4.99 Å². The smallest absolute Gasteiger partial charge is 0.198 e. The van der Waals surface area contributed by atoms with Crippen molar-refractivity contribution < 1.29 is 0 Å². The van der Waals surface area contributed by atoms with E-state index in [4.69, 9.17) is 0 Å². The van der Waals surface area contributed by atoms with Crippen molar-refractivity contribution >= 4 is 23.0 Å². The highest BCUT2D eigenvalue weighted by Gasteiger charge is 2.17. The molecular weight excluding hydrogens is 242 g/mol. The van der Waals surface area contributed by atoms with Crippen LogP contribution in [-0.4, -0.2) is 23.9 Å². The minimum Gasteiger partial charge on any atom is -0.336 e. The number of aliphatic imine (C=N–C) groups is 1. The molecule has 0 atom stereocenters. The number of nitrogens with one attached hydrogen (secondary N) is 1. The Morgan fingerprint density at radius 2 is 2.06 bits per heavy atom. The summed E-state index contributed by atoms with van der Waals surface area (Å²) < 4.78 is 0. The van der Waals surface area contributed by atoms with Gasteiger partial charge in [-0.15, -0.1) is 11.3 Å². The molecule has 4 heteroatoms. The van der Waals surface area contributed by atoms with Crippen LogP contribution in [0.15, 0.2) is 52.8 Å². The fourth-order valence-corrected chi connectivity index (χ4v) is 2.72. The van der Waals surface area contributed by atoms with Crippen LogP contribution in [0.4, 0.5) is 5.69 Å². The molecule has 1 aliphatic rings. The third kappa shape index (κ3) is 2.54. The van der Waals surface area contributed by atoms with Gasteiger partial charge in [-0.05, 0) is 23.6 Å². The highest BCUT2D eigenvalue weighted by Crippen LogP contribution is 2.15. The molecule has 1 aliphatic heterocycles. The minimum absolute atomic E-state index is 0.876. The Bertz CT molecular complexity index is 519. The second kappa shape index (κ2) is 5.23. The minimum atomic E-state index is 0.876. The first kappa shape index (κ1) is 11.3. The van der Waals surface area contributed by atoms with Gasteiger partial charge in [0.25, 0.3) is 0 Å². The van der Waals surface area contributed by atoms with Gasteiger partial charge in [0.15, 0.2) is 5.96 Å². The van der Waals surface area contributed by atoms with Gasteiger partial charge in [-0.3, -0.25) is 4.99 Å². The van der Waals surface area contributed by atoms with Crippen LogP contribution in [0.5, 0.6) is 0 Å². The van der Waals surface area contributed by atoms with Gasteiger partial charge in [0.1, 0.15) is 0 Å². The lowest BCUT2D eigenvalue weighted by Gasteiger charge is -2.20. The zero-order chi connectivity index (χ0) is 12.2. The molecule has 1 N–H and O–H groups in total. The van der Waals surface area contributed by atoms with E-state index in [0.29, 0.717) is 0 Å². The molecular formula is C14H15N3S. The predicted molar refractivity (Wildman–Crippen MR) is 77.1 cm³/mol. The summed E-state index contributed by atoms with van der Waals surface area (Å²) >= 11 is 1.79. The molecule has 2 heterocycles. The van der Waals surface area contributed by atoms with Crippen molar-refractivity contribution in [3.63, 3.8) is 0 Å². The Hall–Kier alpha value is -1.81. The molecule has 0 saturated heterocycles. The lowest BCUT2D eigenvalue weighted by molar-refractivity contribution is 0.455. The lowest BCUT2D eigenvalue weighted by atomic mass is 10.3. The maximum Gasteiger partial charge on any atom is 0.198 e.